The Kier molecular flexibility index (Phi) is 7.70. The van der Waals surface area contributed by atoms with Gasteiger partial charge in [-0.05, 0) is 54.1 Å². The van der Waals surface area contributed by atoms with E-state index in [9.17, 15) is 4.79 Å². The number of pyridine rings is 1. The lowest BCUT2D eigenvalue weighted by atomic mass is 10.1. The maximum atomic E-state index is 13.1. The maximum absolute atomic E-state index is 13.1. The highest BCUT2D eigenvalue weighted by molar-refractivity contribution is 7.99. The molecule has 2 aromatic heterocycles. The second-order valence-corrected chi connectivity index (χ2v) is 9.43. The molecule has 0 spiro atoms. The third-order valence-electron chi connectivity index (χ3n) is 5.90. The largest absolute Gasteiger partial charge is 0.497 e. The fourth-order valence-corrected chi connectivity index (χ4v) is 4.88. The summed E-state index contributed by atoms with van der Waals surface area (Å²) in [4.78, 5) is 26.5. The standard InChI is InChI=1S/C30H26N4O3S/c1-36-22-13-14-27(37-2)25(17-22)26-19-32-28(34-26)21-9-6-8-20(16-21)18-33-29(35)24-12-7-15-31-30(24)38-23-10-4-3-5-11-23/h3-17,19H,18H2,1-2H3,(H,32,34)(H,33,35). The first-order valence-corrected chi connectivity index (χ1v) is 12.8. The lowest BCUT2D eigenvalue weighted by molar-refractivity contribution is 0.0947. The van der Waals surface area contributed by atoms with Gasteiger partial charge in [-0.2, -0.15) is 0 Å². The van der Waals surface area contributed by atoms with E-state index in [1.807, 2.05) is 72.8 Å². The number of hydrogen-bond acceptors (Lipinski definition) is 6. The van der Waals surface area contributed by atoms with Crippen LogP contribution in [0.4, 0.5) is 0 Å². The summed E-state index contributed by atoms with van der Waals surface area (Å²) >= 11 is 1.47. The molecule has 3 aromatic carbocycles. The van der Waals surface area contributed by atoms with Crippen LogP contribution < -0.4 is 14.8 Å². The van der Waals surface area contributed by atoms with Crippen molar-refractivity contribution in [3.63, 3.8) is 0 Å². The summed E-state index contributed by atoms with van der Waals surface area (Å²) < 4.78 is 10.9. The molecule has 0 aliphatic rings. The predicted molar refractivity (Wildman–Crippen MR) is 149 cm³/mol. The second-order valence-electron chi connectivity index (χ2n) is 8.37. The van der Waals surface area contributed by atoms with Crippen LogP contribution in [0.2, 0.25) is 0 Å². The van der Waals surface area contributed by atoms with Crippen LogP contribution in [0.1, 0.15) is 15.9 Å². The summed E-state index contributed by atoms with van der Waals surface area (Å²) in [5.74, 6) is 1.99. The molecule has 0 atom stereocenters. The van der Waals surface area contributed by atoms with Crippen molar-refractivity contribution in [2.45, 2.75) is 16.5 Å². The van der Waals surface area contributed by atoms with E-state index in [1.165, 1.54) is 11.8 Å². The molecule has 1 amide bonds. The van der Waals surface area contributed by atoms with Crippen molar-refractivity contribution in [2.75, 3.05) is 14.2 Å². The van der Waals surface area contributed by atoms with Crippen molar-refractivity contribution in [3.8, 4) is 34.1 Å². The number of methoxy groups -OCH3 is 2. The van der Waals surface area contributed by atoms with Crippen molar-refractivity contribution in [2.24, 2.45) is 0 Å². The number of nitrogens with zero attached hydrogens (tertiary/aromatic N) is 2. The quantitative estimate of drug-likeness (QED) is 0.238. The number of nitrogens with one attached hydrogen (secondary N) is 2. The molecule has 2 heterocycles. The average molecular weight is 523 g/mol. The monoisotopic (exact) mass is 522 g/mol. The number of carbonyl (C=O) groups excluding carboxylic acids is 1. The average Bonchev–Trinajstić information content (AvgIpc) is 3.47. The zero-order valence-corrected chi connectivity index (χ0v) is 21.8. The number of benzene rings is 3. The minimum atomic E-state index is -0.174. The van der Waals surface area contributed by atoms with Crippen molar-refractivity contribution in [3.05, 3.63) is 108 Å². The maximum Gasteiger partial charge on any atom is 0.254 e. The van der Waals surface area contributed by atoms with E-state index in [2.05, 4.69) is 20.3 Å². The fourth-order valence-electron chi connectivity index (χ4n) is 3.98. The van der Waals surface area contributed by atoms with Gasteiger partial charge >= 0.3 is 0 Å². The zero-order valence-electron chi connectivity index (χ0n) is 21.0. The van der Waals surface area contributed by atoms with Crippen molar-refractivity contribution >= 4 is 17.7 Å². The summed E-state index contributed by atoms with van der Waals surface area (Å²) in [5, 5.41) is 3.69. The Morgan fingerprint density at radius 3 is 2.61 bits per heavy atom. The molecule has 5 aromatic rings. The smallest absolute Gasteiger partial charge is 0.254 e. The van der Waals surface area contributed by atoms with Gasteiger partial charge in [-0.25, -0.2) is 9.97 Å². The lowest BCUT2D eigenvalue weighted by Gasteiger charge is -2.10. The number of hydrogen-bond donors (Lipinski definition) is 2. The molecule has 0 bridgehead atoms. The van der Waals surface area contributed by atoms with Gasteiger partial charge < -0.3 is 19.8 Å². The number of ether oxygens (including phenoxy) is 2. The van der Waals surface area contributed by atoms with Crippen LogP contribution in [0, 0.1) is 0 Å². The minimum absolute atomic E-state index is 0.174. The van der Waals surface area contributed by atoms with E-state index in [4.69, 9.17) is 9.47 Å². The molecule has 0 saturated carbocycles. The summed E-state index contributed by atoms with van der Waals surface area (Å²) in [6.45, 7) is 0.369. The molecular formula is C30H26N4O3S. The SMILES string of the molecule is COc1ccc(OC)c(-c2cnc(-c3cccc(CNC(=O)c4cccnc4Sc4ccccc4)c3)[nH]2)c1. The third-order valence-corrected chi connectivity index (χ3v) is 6.93. The summed E-state index contributed by atoms with van der Waals surface area (Å²) in [7, 11) is 3.26. The molecule has 0 aliphatic carbocycles. The molecule has 8 heteroatoms. The Hall–Kier alpha value is -4.56. The Balaban J connectivity index is 1.31. The van der Waals surface area contributed by atoms with Crippen LogP contribution in [0.25, 0.3) is 22.6 Å². The first kappa shape index (κ1) is 25.1. The minimum Gasteiger partial charge on any atom is -0.497 e. The van der Waals surface area contributed by atoms with Crippen LogP contribution >= 0.6 is 11.8 Å². The number of carbonyl (C=O) groups is 1. The number of amides is 1. The molecular weight excluding hydrogens is 496 g/mol. The van der Waals surface area contributed by atoms with E-state index in [1.54, 1.807) is 38.7 Å². The van der Waals surface area contributed by atoms with Gasteiger partial charge in [-0.15, -0.1) is 0 Å². The van der Waals surface area contributed by atoms with Crippen LogP contribution in [0.3, 0.4) is 0 Å². The molecule has 0 radical (unpaired) electrons. The Morgan fingerprint density at radius 1 is 0.921 bits per heavy atom. The van der Waals surface area contributed by atoms with Gasteiger partial charge in [0.05, 0.1) is 31.7 Å². The van der Waals surface area contributed by atoms with E-state index in [0.29, 0.717) is 23.0 Å². The predicted octanol–water partition coefficient (Wildman–Crippen LogP) is 6.24. The topological polar surface area (TPSA) is 89.1 Å². The highest BCUT2D eigenvalue weighted by Gasteiger charge is 2.15. The molecule has 7 nitrogen and oxygen atoms in total. The Labute approximate surface area is 225 Å². The lowest BCUT2D eigenvalue weighted by Crippen LogP contribution is -2.23. The van der Waals surface area contributed by atoms with Gasteiger partial charge in [-0.1, -0.05) is 48.2 Å². The van der Waals surface area contributed by atoms with Crippen LogP contribution in [0.5, 0.6) is 11.5 Å². The van der Waals surface area contributed by atoms with Crippen LogP contribution in [-0.4, -0.2) is 35.1 Å². The molecule has 38 heavy (non-hydrogen) atoms. The molecule has 0 unspecified atom stereocenters. The van der Waals surface area contributed by atoms with Gasteiger partial charge in [0.1, 0.15) is 22.3 Å². The summed E-state index contributed by atoms with van der Waals surface area (Å²) in [6.07, 6.45) is 3.47. The van der Waals surface area contributed by atoms with E-state index < -0.39 is 0 Å². The highest BCUT2D eigenvalue weighted by Crippen LogP contribution is 2.33. The fraction of sp³-hybridized carbons (Fsp3) is 0.100. The number of rotatable bonds is 9. The van der Waals surface area contributed by atoms with Gasteiger partial charge in [-0.3, -0.25) is 4.79 Å². The molecule has 190 valence electrons. The molecule has 2 N–H and O–H groups in total. The van der Waals surface area contributed by atoms with Crippen molar-refractivity contribution < 1.29 is 14.3 Å². The molecule has 0 aliphatic heterocycles. The van der Waals surface area contributed by atoms with Gasteiger partial charge in [0.25, 0.3) is 5.91 Å². The Bertz CT molecular complexity index is 1550. The van der Waals surface area contributed by atoms with Gasteiger partial charge in [0, 0.05) is 28.8 Å². The first-order valence-electron chi connectivity index (χ1n) is 12.0. The van der Waals surface area contributed by atoms with Crippen LogP contribution in [0.15, 0.2) is 107 Å². The third kappa shape index (κ3) is 5.71. The van der Waals surface area contributed by atoms with Crippen molar-refractivity contribution in [1.82, 2.24) is 20.3 Å². The zero-order chi connectivity index (χ0) is 26.3. The highest BCUT2D eigenvalue weighted by atomic mass is 32.2. The number of aromatic nitrogens is 3. The van der Waals surface area contributed by atoms with Gasteiger partial charge in [0.15, 0.2) is 0 Å². The number of aromatic amines is 1. The summed E-state index contributed by atoms with van der Waals surface area (Å²) in [5.41, 5.74) is 4.07. The normalized spacial score (nSPS) is 10.7. The number of imidazole rings is 1. The summed E-state index contributed by atoms with van der Waals surface area (Å²) in [6, 6.07) is 27.0. The van der Waals surface area contributed by atoms with Crippen molar-refractivity contribution in [1.29, 1.82) is 0 Å². The number of H-pyrrole nitrogens is 1. The first-order chi connectivity index (χ1) is 18.6. The molecule has 0 fully saturated rings. The molecule has 0 saturated heterocycles. The molecule has 5 rings (SSSR count). The van der Waals surface area contributed by atoms with Crippen LogP contribution in [-0.2, 0) is 6.54 Å². The van der Waals surface area contributed by atoms with Gasteiger partial charge in [0.2, 0.25) is 0 Å². The van der Waals surface area contributed by atoms with E-state index in [0.717, 1.165) is 38.8 Å². The Morgan fingerprint density at radius 2 is 1.79 bits per heavy atom. The van der Waals surface area contributed by atoms with E-state index in [-0.39, 0.29) is 5.91 Å². The van der Waals surface area contributed by atoms with E-state index >= 15 is 0 Å². The second kappa shape index (κ2) is 11.7.